The van der Waals surface area contributed by atoms with E-state index < -0.39 is 112 Å². The number of benzene rings is 3. The van der Waals surface area contributed by atoms with Crippen molar-refractivity contribution in [1.82, 2.24) is 14.5 Å². The van der Waals surface area contributed by atoms with Gasteiger partial charge >= 0.3 is 17.7 Å². The van der Waals surface area contributed by atoms with Crippen molar-refractivity contribution in [3.63, 3.8) is 0 Å². The number of carboxylic acids is 1. The number of amides is 1. The summed E-state index contributed by atoms with van der Waals surface area (Å²) in [5, 5.41) is 78.4. The third kappa shape index (κ3) is 11.2. The quantitative estimate of drug-likeness (QED) is 0.0323. The summed E-state index contributed by atoms with van der Waals surface area (Å²) in [5.41, 5.74) is -1.29. The highest BCUT2D eigenvalue weighted by atomic mass is 19.1. The molecule has 474 valence electrons. The number of ether oxygens (including phenoxy) is 5. The lowest BCUT2D eigenvalue weighted by molar-refractivity contribution is -0.160. The Morgan fingerprint density at radius 1 is 0.909 bits per heavy atom. The van der Waals surface area contributed by atoms with Crippen molar-refractivity contribution >= 4 is 62.9 Å². The molecular formula is C65H81FN6O16. The number of nitrogens with zero attached hydrogens (tertiary/aromatic N) is 5. The minimum absolute atomic E-state index is 0.0170. The standard InChI is InChI=1S/C65H81FN6O16/c1-31-13-12-14-32(2)62(81)68-49-42(56(78)46-47(57(49)79)54(76)36(6)59-48(46)61(80)64(8,88-59)86-26-20-45(84-10)33(3)58(87-37(7)73)35(5)53(75)34(4)52(31)74)28-67-71-24-18-39(19-25-71)69(9)65(21-22-65)38-17-23-70(29-38)51-44(66)27-41-50(60(51)85-11)72(40-15-16-40)30-43(55(41)77)63(82)83/h12-14,20,26-28,30-31,33-35,38-40,45,52-53,58,74-76,78-79H,15-19,21-25,29H2,1-11H3,(H,68,81)(H,82,83)/b13-12+,26-20+,32-14-,67-28+/t31-,33+,34+,35+,38?,45-,52-,53+,58+,64-/m0/s1. The number of phenolic OH excluding ortho intramolecular Hbond substituents is 3. The van der Waals surface area contributed by atoms with E-state index in [1.54, 1.807) is 49.4 Å². The van der Waals surface area contributed by atoms with E-state index in [1.165, 1.54) is 72.7 Å². The van der Waals surface area contributed by atoms with Gasteiger partial charge in [0.1, 0.15) is 34.6 Å². The number of allylic oxidation sites excluding steroid dienone is 2. The SMILES string of the molecule is COc1c(N2CCC(C3(N(C)C4CCN(/N=C/c5c6c(O)c7c(O)c(C)c8c(c7c5O)C(=O)[C@@](C)(O/C=C/[C@H](OC)[C@@H](C)[C@@H](OC(C)=O)[C@H](C)[C@H](O)[C@H](C)[C@@H](O)[C@@H](C)/C=C/C=C(/C)C(=O)N6)O8)CC4)CC3)C2)c(F)cc2c(=O)c(C(=O)O)cn(C3CC3)c12. The zero-order valence-electron chi connectivity index (χ0n) is 51.6. The number of ketones is 1. The van der Waals surface area contributed by atoms with E-state index in [-0.39, 0.29) is 84.8 Å². The Kier molecular flexibility index (Phi) is 17.5. The summed E-state index contributed by atoms with van der Waals surface area (Å²) in [6.07, 6.45) is 11.6. The molecule has 5 aliphatic heterocycles. The molecule has 23 heteroatoms. The monoisotopic (exact) mass is 1220 g/mol. The van der Waals surface area contributed by atoms with Crippen LogP contribution in [0, 0.1) is 42.3 Å². The first-order chi connectivity index (χ1) is 41.7. The number of methoxy groups -OCH3 is 2. The summed E-state index contributed by atoms with van der Waals surface area (Å²) in [6.45, 7) is 14.4. The summed E-state index contributed by atoms with van der Waals surface area (Å²) in [7, 11) is 5.00. The van der Waals surface area contributed by atoms with Crippen LogP contribution in [0.3, 0.4) is 0 Å². The molecule has 0 radical (unpaired) electrons. The van der Waals surface area contributed by atoms with Crippen LogP contribution in [0.1, 0.15) is 131 Å². The maximum atomic E-state index is 16.4. The van der Waals surface area contributed by atoms with Crippen molar-refractivity contribution in [3.8, 4) is 28.7 Å². The highest BCUT2D eigenvalue weighted by molar-refractivity contribution is 6.24. The van der Waals surface area contributed by atoms with Crippen LogP contribution in [-0.2, 0) is 23.8 Å². The number of hydrazone groups is 1. The molecule has 4 fully saturated rings. The van der Waals surface area contributed by atoms with Crippen LogP contribution in [-0.4, -0.2) is 164 Å². The van der Waals surface area contributed by atoms with Gasteiger partial charge in [0.25, 0.3) is 11.7 Å². The predicted octanol–water partition coefficient (Wildman–Crippen LogP) is 8.04. The van der Waals surface area contributed by atoms with Gasteiger partial charge in [0, 0.05) is 111 Å². The summed E-state index contributed by atoms with van der Waals surface area (Å²) < 4.78 is 48.0. The number of pyridine rings is 1. The smallest absolute Gasteiger partial charge is 0.341 e. The highest BCUT2D eigenvalue weighted by Crippen LogP contribution is 2.56. The Balaban J connectivity index is 0.934. The molecule has 0 spiro atoms. The van der Waals surface area contributed by atoms with Gasteiger partial charge in [-0.15, -0.1) is 0 Å². The number of fused-ring (bicyclic) bond motifs is 15. The van der Waals surface area contributed by atoms with Gasteiger partial charge in [0.05, 0.1) is 71.0 Å². The van der Waals surface area contributed by atoms with Crippen molar-refractivity contribution in [2.24, 2.45) is 34.7 Å². The fourth-order valence-corrected chi connectivity index (χ4v) is 14.0. The van der Waals surface area contributed by atoms with E-state index >= 15 is 4.39 Å². The number of aromatic carboxylic acids is 1. The van der Waals surface area contributed by atoms with Crippen molar-refractivity contribution in [2.75, 3.05) is 57.7 Å². The molecule has 7 aliphatic rings. The van der Waals surface area contributed by atoms with Crippen LogP contribution in [0.25, 0.3) is 21.7 Å². The summed E-state index contributed by atoms with van der Waals surface area (Å²) in [6, 6.07) is 1.24. The first-order valence-corrected chi connectivity index (χ1v) is 30.2. The molecule has 1 unspecified atom stereocenters. The van der Waals surface area contributed by atoms with Crippen LogP contribution >= 0.6 is 0 Å². The average Bonchev–Trinajstić information content (AvgIpc) is 1.45. The number of aliphatic hydroxyl groups is 2. The summed E-state index contributed by atoms with van der Waals surface area (Å²) in [5.74, 6) is -10.6. The lowest BCUT2D eigenvalue weighted by Gasteiger charge is -2.42. The fraction of sp³-hybridized carbons (Fsp3) is 0.538. The second-order valence-corrected chi connectivity index (χ2v) is 25.1. The number of aromatic nitrogens is 1. The third-order valence-electron chi connectivity index (χ3n) is 19.7. The summed E-state index contributed by atoms with van der Waals surface area (Å²) in [4.78, 5) is 71.5. The van der Waals surface area contributed by atoms with Crippen molar-refractivity contribution in [3.05, 3.63) is 86.7 Å². The predicted molar refractivity (Wildman–Crippen MR) is 326 cm³/mol. The maximum absolute atomic E-state index is 16.4. The van der Waals surface area contributed by atoms with Crippen LogP contribution in [0.15, 0.2) is 58.3 Å². The van der Waals surface area contributed by atoms with E-state index in [2.05, 4.69) is 17.3 Å². The first-order valence-electron chi connectivity index (χ1n) is 30.2. The molecule has 2 aliphatic carbocycles. The molecule has 10 atom stereocenters. The second kappa shape index (κ2) is 24.3. The number of carbonyl (C=O) groups excluding carboxylic acids is 3. The molecule has 2 saturated carbocycles. The fourth-order valence-electron chi connectivity index (χ4n) is 14.0. The minimum atomic E-state index is -2.12. The zero-order valence-corrected chi connectivity index (χ0v) is 51.6. The number of hydrogen-bond acceptors (Lipinski definition) is 19. The number of carbonyl (C=O) groups is 4. The average molecular weight is 1220 g/mol. The van der Waals surface area contributed by atoms with E-state index in [4.69, 9.17) is 28.8 Å². The van der Waals surface area contributed by atoms with Gasteiger partial charge in [-0.05, 0) is 83.9 Å². The number of piperidine rings is 1. The van der Waals surface area contributed by atoms with Gasteiger partial charge in [-0.1, -0.05) is 45.9 Å². The lowest BCUT2D eigenvalue weighted by Crippen LogP contribution is -2.50. The number of aliphatic hydroxyl groups excluding tert-OH is 2. The Hall–Kier alpha value is -7.73. The topological polar surface area (TPSA) is 292 Å². The highest BCUT2D eigenvalue weighted by Gasteiger charge is 2.56. The number of aromatic hydroxyl groups is 3. The van der Waals surface area contributed by atoms with Gasteiger partial charge in [0.2, 0.25) is 5.43 Å². The number of Topliss-reactive ketones (excluding diaryl/α,β-unsaturated/α-hetero) is 1. The maximum Gasteiger partial charge on any atom is 0.341 e. The van der Waals surface area contributed by atoms with Crippen LogP contribution in [0.2, 0.25) is 0 Å². The molecule has 11 rings (SSSR count). The van der Waals surface area contributed by atoms with E-state index in [1.807, 2.05) is 4.90 Å². The van der Waals surface area contributed by atoms with Gasteiger partial charge in [0.15, 0.2) is 17.3 Å². The molecule has 7 N–H and O–H groups in total. The van der Waals surface area contributed by atoms with Crippen molar-refractivity contribution < 1.29 is 77.9 Å². The molecule has 1 amide bonds. The Morgan fingerprint density at radius 3 is 2.23 bits per heavy atom. The number of nitrogens with one attached hydrogen (secondary N) is 1. The number of rotatable bonds is 11. The number of esters is 1. The first kappa shape index (κ1) is 63.3. The molecular weight excluding hydrogens is 1140 g/mol. The Morgan fingerprint density at radius 2 is 1.60 bits per heavy atom. The Labute approximate surface area is 509 Å². The molecule has 4 aromatic rings. The van der Waals surface area contributed by atoms with E-state index in [0.717, 1.165) is 38.2 Å². The van der Waals surface area contributed by atoms with Crippen LogP contribution in [0.4, 0.5) is 15.8 Å². The van der Waals surface area contributed by atoms with Crippen LogP contribution < -0.4 is 25.1 Å². The number of halogens is 1. The molecule has 88 heavy (non-hydrogen) atoms. The minimum Gasteiger partial charge on any atom is -0.507 e. The number of hydrogen-bond donors (Lipinski definition) is 7. The molecule has 3 aromatic carbocycles. The van der Waals surface area contributed by atoms with Gasteiger partial charge in [-0.3, -0.25) is 29.1 Å². The van der Waals surface area contributed by atoms with Crippen LogP contribution in [0.5, 0.6) is 28.7 Å². The van der Waals surface area contributed by atoms with Crippen molar-refractivity contribution in [1.29, 1.82) is 0 Å². The molecule has 22 nitrogen and oxygen atoms in total. The van der Waals surface area contributed by atoms with Gasteiger partial charge in [-0.25, -0.2) is 9.18 Å². The zero-order chi connectivity index (χ0) is 63.7. The van der Waals surface area contributed by atoms with E-state index in [0.29, 0.717) is 44.5 Å². The molecule has 6 heterocycles. The van der Waals surface area contributed by atoms with Gasteiger partial charge < -0.3 is 69.1 Å². The normalized spacial score (nSPS) is 29.3. The van der Waals surface area contributed by atoms with E-state index in [9.17, 15) is 54.6 Å². The lowest BCUT2D eigenvalue weighted by atomic mass is 9.78. The second-order valence-electron chi connectivity index (χ2n) is 25.1. The van der Waals surface area contributed by atoms with Gasteiger partial charge in [-0.2, -0.15) is 5.10 Å². The molecule has 5 bridgehead atoms. The largest absolute Gasteiger partial charge is 0.507 e. The van der Waals surface area contributed by atoms with Crippen molar-refractivity contribution in [2.45, 2.75) is 148 Å². The summed E-state index contributed by atoms with van der Waals surface area (Å²) >= 11 is 0. The third-order valence-corrected chi connectivity index (χ3v) is 19.7. The number of carboxylic acid groups (broad SMARTS) is 1. The number of anilines is 2. The molecule has 1 aromatic heterocycles. The number of phenols is 3. The molecule has 2 saturated heterocycles. The Bertz CT molecular complexity index is 3660.